The monoisotopic (exact) mass is 714 g/mol. The predicted octanol–water partition coefficient (Wildman–Crippen LogP) is 10.2. The van der Waals surface area contributed by atoms with Crippen LogP contribution in [0.5, 0.6) is 5.75 Å². The number of methoxy groups -OCH3 is 1. The van der Waals surface area contributed by atoms with Crippen LogP contribution in [0.3, 0.4) is 0 Å². The summed E-state index contributed by atoms with van der Waals surface area (Å²) in [6.45, 7) is 20.5. The summed E-state index contributed by atoms with van der Waals surface area (Å²) < 4.78 is 25.4. The third kappa shape index (κ3) is 11.8. The van der Waals surface area contributed by atoms with Crippen LogP contribution in [-0.2, 0) is 17.8 Å². The van der Waals surface area contributed by atoms with Gasteiger partial charge in [0.15, 0.2) is 16.6 Å². The van der Waals surface area contributed by atoms with E-state index in [1.165, 1.54) is 51.4 Å². The molecule has 270 valence electrons. The number of unbranched alkanes of at least 4 members (excludes halogenated alkanes) is 7. The maximum atomic E-state index is 13.4. The smallest absolute Gasteiger partial charge is 0.314 e. The van der Waals surface area contributed by atoms with Crippen LogP contribution in [0.4, 0.5) is 0 Å². The van der Waals surface area contributed by atoms with Crippen molar-refractivity contribution in [2.45, 2.75) is 148 Å². The van der Waals surface area contributed by atoms with Gasteiger partial charge in [-0.05, 0) is 114 Å². The summed E-state index contributed by atoms with van der Waals surface area (Å²) in [6.07, 6.45) is 14.9. The summed E-state index contributed by atoms with van der Waals surface area (Å²) in [5.74, 6) is 2.18. The molecule has 4 heterocycles. The highest BCUT2D eigenvalue weighted by atomic mass is 28.5. The van der Waals surface area contributed by atoms with Gasteiger partial charge in [0.25, 0.3) is 0 Å². The van der Waals surface area contributed by atoms with Crippen molar-refractivity contribution in [3.8, 4) is 5.75 Å². The number of pyridine rings is 1. The number of hydrogen-bond donors (Lipinski definition) is 0. The Kier molecular flexibility index (Phi) is 14.4. The maximum absolute atomic E-state index is 13.4. The van der Waals surface area contributed by atoms with Gasteiger partial charge in [-0.15, -0.1) is 0 Å². The fraction of sp³-hybridized carbons (Fsp3) is 0.737. The van der Waals surface area contributed by atoms with Crippen LogP contribution >= 0.6 is 0 Å². The number of aromatic nitrogens is 1. The molecule has 1 aromatic carbocycles. The summed E-state index contributed by atoms with van der Waals surface area (Å²) in [5, 5.41) is 1.02. The van der Waals surface area contributed by atoms with E-state index in [9.17, 15) is 4.79 Å². The van der Waals surface area contributed by atoms with Crippen LogP contribution in [0, 0.1) is 11.8 Å². The third-order valence-electron chi connectivity index (χ3n) is 10.2. The van der Waals surface area contributed by atoms with Crippen molar-refractivity contribution < 1.29 is 22.5 Å². The Balaban J connectivity index is 1.24. The molecule has 1 unspecified atom stereocenters. The number of ether oxygens (including phenoxy) is 2. The SMILES string of the molecule is CC[C@H]1CN2CC[C@H]1C[C@@H]2[C@@H](OC(=O)CCCCCCCCCC[Si](C)(O[Si](C)(C)C)O[Si](C)(C)C)c1ccnc2ccc(OC)cc12. The van der Waals surface area contributed by atoms with Gasteiger partial charge in [0, 0.05) is 30.1 Å². The van der Waals surface area contributed by atoms with Gasteiger partial charge < -0.3 is 17.7 Å². The summed E-state index contributed by atoms with van der Waals surface area (Å²) in [4.78, 5) is 20.6. The van der Waals surface area contributed by atoms with Crippen LogP contribution in [0.25, 0.3) is 10.9 Å². The second-order valence-corrected chi connectivity index (χ2v) is 29.4. The zero-order chi connectivity index (χ0) is 35.0. The Hall–Kier alpha value is -1.57. The molecule has 48 heavy (non-hydrogen) atoms. The molecule has 0 radical (unpaired) electrons. The number of piperidine rings is 3. The van der Waals surface area contributed by atoms with E-state index in [0.29, 0.717) is 12.3 Å². The molecule has 3 aliphatic rings. The van der Waals surface area contributed by atoms with Crippen molar-refractivity contribution in [3.63, 3.8) is 0 Å². The molecule has 3 fully saturated rings. The molecule has 0 N–H and O–H groups in total. The number of hydrogen-bond acceptors (Lipinski definition) is 7. The lowest BCUT2D eigenvalue weighted by Crippen LogP contribution is -2.55. The van der Waals surface area contributed by atoms with E-state index in [0.717, 1.165) is 66.5 Å². The van der Waals surface area contributed by atoms with Crippen molar-refractivity contribution >= 4 is 42.1 Å². The summed E-state index contributed by atoms with van der Waals surface area (Å²) >= 11 is 0. The van der Waals surface area contributed by atoms with Gasteiger partial charge in [0.1, 0.15) is 11.9 Å². The zero-order valence-electron chi connectivity index (χ0n) is 31.7. The lowest BCUT2D eigenvalue weighted by molar-refractivity contribution is -0.158. The van der Waals surface area contributed by atoms with Gasteiger partial charge in [-0.25, -0.2) is 0 Å². The minimum Gasteiger partial charge on any atom is -0.497 e. The average molecular weight is 715 g/mol. The quantitative estimate of drug-likeness (QED) is 0.0768. The number of nitrogens with zero attached hydrogens (tertiary/aromatic N) is 2. The van der Waals surface area contributed by atoms with Crippen molar-refractivity contribution in [1.29, 1.82) is 0 Å². The van der Waals surface area contributed by atoms with Crippen molar-refractivity contribution in [1.82, 2.24) is 9.88 Å². The van der Waals surface area contributed by atoms with Crippen LogP contribution in [0.2, 0.25) is 51.9 Å². The number of fused-ring (bicyclic) bond motifs is 4. The molecule has 3 saturated heterocycles. The molecule has 2 aromatic rings. The van der Waals surface area contributed by atoms with E-state index >= 15 is 0 Å². The zero-order valence-corrected chi connectivity index (χ0v) is 34.7. The van der Waals surface area contributed by atoms with Gasteiger partial charge >= 0.3 is 14.5 Å². The molecule has 0 saturated carbocycles. The van der Waals surface area contributed by atoms with Gasteiger partial charge in [0.2, 0.25) is 0 Å². The van der Waals surface area contributed by atoms with Gasteiger partial charge in [-0.2, -0.15) is 0 Å². The molecule has 0 amide bonds. The van der Waals surface area contributed by atoms with Crippen molar-refractivity contribution in [2.24, 2.45) is 11.8 Å². The average Bonchev–Trinajstić information content (AvgIpc) is 3.02. The summed E-state index contributed by atoms with van der Waals surface area (Å²) in [7, 11) is -3.70. The van der Waals surface area contributed by atoms with Crippen LogP contribution in [0.1, 0.15) is 95.6 Å². The number of carbonyl (C=O) groups excluding carboxylic acids is 1. The minimum atomic E-state index is -2.12. The fourth-order valence-electron chi connectivity index (χ4n) is 8.22. The first-order valence-electron chi connectivity index (χ1n) is 19.0. The first-order chi connectivity index (χ1) is 22.7. The Morgan fingerprint density at radius 3 is 2.15 bits per heavy atom. The van der Waals surface area contributed by atoms with E-state index < -0.39 is 25.2 Å². The van der Waals surface area contributed by atoms with Crippen LogP contribution in [-0.4, -0.2) is 67.3 Å². The third-order valence-corrected chi connectivity index (χ3v) is 19.8. The van der Waals surface area contributed by atoms with Crippen molar-refractivity contribution in [3.05, 3.63) is 36.0 Å². The highest BCUT2D eigenvalue weighted by Crippen LogP contribution is 2.44. The molecule has 2 bridgehead atoms. The Morgan fingerprint density at radius 1 is 0.917 bits per heavy atom. The first-order valence-corrected chi connectivity index (χ1v) is 28.3. The van der Waals surface area contributed by atoms with Crippen molar-refractivity contribution in [2.75, 3.05) is 20.2 Å². The normalized spacial score (nSPS) is 22.2. The second kappa shape index (κ2) is 17.6. The van der Waals surface area contributed by atoms with Gasteiger partial charge in [-0.3, -0.25) is 14.7 Å². The lowest BCUT2D eigenvalue weighted by Gasteiger charge is -2.51. The molecule has 5 atom stereocenters. The van der Waals surface area contributed by atoms with E-state index in [1.54, 1.807) is 7.11 Å². The number of benzene rings is 1. The minimum absolute atomic E-state index is 0.0733. The van der Waals surface area contributed by atoms with Crippen LogP contribution in [0.15, 0.2) is 30.5 Å². The highest BCUT2D eigenvalue weighted by molar-refractivity contribution is 6.87. The first kappa shape index (κ1) is 39.2. The van der Waals surface area contributed by atoms with Crippen LogP contribution < -0.4 is 4.74 Å². The Bertz CT molecular complexity index is 1300. The molecule has 7 nitrogen and oxygen atoms in total. The second-order valence-electron chi connectivity index (χ2n) is 16.6. The fourth-order valence-corrected chi connectivity index (χ4v) is 20.8. The van der Waals surface area contributed by atoms with Gasteiger partial charge in [-0.1, -0.05) is 58.3 Å². The van der Waals surface area contributed by atoms with E-state index in [1.807, 2.05) is 24.4 Å². The largest absolute Gasteiger partial charge is 0.497 e. The molecular formula is C38H66N2O5Si3. The summed E-state index contributed by atoms with van der Waals surface area (Å²) in [6, 6.07) is 9.36. The molecule has 0 aliphatic carbocycles. The number of carbonyl (C=O) groups is 1. The Morgan fingerprint density at radius 2 is 1.56 bits per heavy atom. The van der Waals surface area contributed by atoms with E-state index in [4.69, 9.17) is 17.7 Å². The molecular weight excluding hydrogens is 649 g/mol. The molecule has 1 aromatic heterocycles. The van der Waals surface area contributed by atoms with E-state index in [2.05, 4.69) is 68.7 Å². The number of rotatable bonds is 20. The molecule has 0 spiro atoms. The standard InChI is InChI=1S/C38H66N2O5Si3/c1-10-30-29-40-25-23-31(30)27-36(40)38(33-22-24-39-35-21-20-32(42-2)28-34(33)35)43-37(41)19-17-15-13-11-12-14-16-18-26-48(9,44-46(3,4)5)45-47(6,7)8/h20-22,24,28,30-31,36,38H,10-19,23,25-27,29H2,1-9H3/t30-,31-,36+,38-/m0/s1. The molecule has 5 rings (SSSR count). The van der Waals surface area contributed by atoms with Gasteiger partial charge in [0.05, 0.1) is 18.7 Å². The highest BCUT2D eigenvalue weighted by Gasteiger charge is 2.44. The summed E-state index contributed by atoms with van der Waals surface area (Å²) in [5.41, 5.74) is 1.97. The maximum Gasteiger partial charge on any atom is 0.314 e. The Labute approximate surface area is 295 Å². The number of esters is 1. The topological polar surface area (TPSA) is 70.1 Å². The predicted molar refractivity (Wildman–Crippen MR) is 206 cm³/mol. The molecule has 10 heteroatoms. The molecule has 3 aliphatic heterocycles. The van der Waals surface area contributed by atoms with E-state index in [-0.39, 0.29) is 18.1 Å². The lowest BCUT2D eigenvalue weighted by atomic mass is 9.72.